The van der Waals surface area contributed by atoms with Crippen molar-refractivity contribution in [1.82, 2.24) is 19.6 Å². The molecule has 0 radical (unpaired) electrons. The molecular formula is C18H26N4O8-4. The number of hydrogen-bond donors (Lipinski definition) is 0. The number of carbonyl (C=O) groups excluding carboxylic acids is 4. The molecule has 0 aliphatic carbocycles. The molecular weight excluding hydrogens is 400 g/mol. The maximum atomic E-state index is 11.3. The molecule has 2 aliphatic heterocycles. The molecule has 2 rings (SSSR count). The van der Waals surface area contributed by atoms with Crippen LogP contribution in [0.3, 0.4) is 0 Å². The van der Waals surface area contributed by atoms with Gasteiger partial charge in [0.05, 0.1) is 36.0 Å². The van der Waals surface area contributed by atoms with Crippen molar-refractivity contribution >= 4 is 23.9 Å². The van der Waals surface area contributed by atoms with Crippen molar-refractivity contribution in [3.05, 3.63) is 0 Å². The van der Waals surface area contributed by atoms with E-state index >= 15 is 0 Å². The van der Waals surface area contributed by atoms with Crippen LogP contribution < -0.4 is 20.4 Å². The second-order valence-electron chi connectivity index (χ2n) is 7.54. The van der Waals surface area contributed by atoms with Crippen molar-refractivity contribution in [2.45, 2.75) is 24.9 Å². The molecule has 0 N–H and O–H groups in total. The van der Waals surface area contributed by atoms with Crippen molar-refractivity contribution < 1.29 is 39.6 Å². The normalized spacial score (nSPS) is 25.1. The van der Waals surface area contributed by atoms with Crippen LogP contribution in [0.5, 0.6) is 0 Å². The van der Waals surface area contributed by atoms with Crippen LogP contribution >= 0.6 is 0 Å². The van der Waals surface area contributed by atoms with Gasteiger partial charge in [-0.25, -0.2) is 0 Å². The van der Waals surface area contributed by atoms with Gasteiger partial charge in [0.15, 0.2) is 0 Å². The molecule has 0 aromatic heterocycles. The molecule has 12 heteroatoms. The number of hydrogen-bond acceptors (Lipinski definition) is 12. The number of fused-ring (bicyclic) bond motifs is 3. The summed E-state index contributed by atoms with van der Waals surface area (Å²) in [7, 11) is 0. The third-order valence-corrected chi connectivity index (χ3v) is 5.60. The van der Waals surface area contributed by atoms with Crippen LogP contribution in [0, 0.1) is 0 Å². The molecule has 2 bridgehead atoms. The molecule has 0 aromatic rings. The van der Waals surface area contributed by atoms with Crippen LogP contribution in [-0.4, -0.2) is 121 Å². The molecule has 170 valence electrons. The summed E-state index contributed by atoms with van der Waals surface area (Å²) >= 11 is 0. The van der Waals surface area contributed by atoms with Crippen LogP contribution in [0.2, 0.25) is 0 Å². The van der Waals surface area contributed by atoms with E-state index in [0.717, 1.165) is 0 Å². The Morgan fingerprint density at radius 2 is 0.767 bits per heavy atom. The number of carboxylic acids is 4. The maximum absolute atomic E-state index is 11.3. The van der Waals surface area contributed by atoms with E-state index in [1.807, 2.05) is 9.80 Å². The fourth-order valence-corrected chi connectivity index (χ4v) is 4.02. The van der Waals surface area contributed by atoms with Crippen molar-refractivity contribution in [1.29, 1.82) is 0 Å². The van der Waals surface area contributed by atoms with Crippen LogP contribution in [0.15, 0.2) is 0 Å². The fraction of sp³-hybridized carbons (Fsp3) is 0.778. The zero-order valence-electron chi connectivity index (χ0n) is 16.7. The number of nitrogens with zero attached hydrogens (tertiary/aromatic N) is 4. The molecule has 2 heterocycles. The molecule has 0 amide bonds. The Bertz CT molecular complexity index is 564. The third kappa shape index (κ3) is 6.62. The van der Waals surface area contributed by atoms with Crippen molar-refractivity contribution in [2.75, 3.05) is 65.4 Å². The van der Waals surface area contributed by atoms with Crippen LogP contribution in [0.25, 0.3) is 0 Å². The van der Waals surface area contributed by atoms with Crippen LogP contribution in [0.1, 0.15) is 12.8 Å². The van der Waals surface area contributed by atoms with E-state index in [4.69, 9.17) is 0 Å². The molecule has 0 aromatic carbocycles. The lowest BCUT2D eigenvalue weighted by molar-refractivity contribution is -0.334. The van der Waals surface area contributed by atoms with E-state index in [1.165, 1.54) is 9.80 Å². The first kappa shape index (κ1) is 24.0. The Hall–Kier alpha value is -2.28. The Morgan fingerprint density at radius 1 is 0.467 bits per heavy atom. The molecule has 30 heavy (non-hydrogen) atoms. The lowest BCUT2D eigenvalue weighted by Crippen LogP contribution is -2.60. The monoisotopic (exact) mass is 426 g/mol. The minimum absolute atomic E-state index is 0.192. The highest BCUT2D eigenvalue weighted by molar-refractivity contribution is 5.95. The van der Waals surface area contributed by atoms with Gasteiger partial charge in [0.2, 0.25) is 0 Å². The van der Waals surface area contributed by atoms with Gasteiger partial charge in [-0.15, -0.1) is 0 Å². The van der Waals surface area contributed by atoms with Gasteiger partial charge >= 0.3 is 0 Å². The van der Waals surface area contributed by atoms with Gasteiger partial charge in [-0.1, -0.05) is 0 Å². The minimum Gasteiger partial charge on any atom is -0.548 e. The van der Waals surface area contributed by atoms with Gasteiger partial charge in [0, 0.05) is 52.4 Å². The molecule has 0 saturated carbocycles. The summed E-state index contributed by atoms with van der Waals surface area (Å²) < 4.78 is 0. The van der Waals surface area contributed by atoms with Crippen LogP contribution in [0.4, 0.5) is 0 Å². The Balaban J connectivity index is 2.13. The van der Waals surface area contributed by atoms with Crippen molar-refractivity contribution in [2.24, 2.45) is 0 Å². The second kappa shape index (κ2) is 11.2. The van der Waals surface area contributed by atoms with Gasteiger partial charge in [0.25, 0.3) is 0 Å². The Morgan fingerprint density at radius 3 is 1.07 bits per heavy atom. The Labute approximate surface area is 174 Å². The van der Waals surface area contributed by atoms with Gasteiger partial charge < -0.3 is 49.4 Å². The fourth-order valence-electron chi connectivity index (χ4n) is 4.02. The highest BCUT2D eigenvalue weighted by Crippen LogP contribution is 2.10. The van der Waals surface area contributed by atoms with Gasteiger partial charge in [0.1, 0.15) is 0 Å². The molecule has 0 spiro atoms. The summed E-state index contributed by atoms with van der Waals surface area (Å²) in [5.41, 5.74) is 0. The summed E-state index contributed by atoms with van der Waals surface area (Å²) in [6.07, 6.45) is 0.947. The van der Waals surface area contributed by atoms with Gasteiger partial charge in [-0.2, -0.15) is 0 Å². The highest BCUT2D eigenvalue weighted by atomic mass is 16.4. The largest absolute Gasteiger partial charge is 0.548 e. The lowest BCUT2D eigenvalue weighted by Gasteiger charge is -2.40. The SMILES string of the molecule is O=C([O-])C(C(=O)[O-])N1CCCN2CCN(CCCN(C(C(=O)[O-])C(=O)[O-])CC2)CC1. The average Bonchev–Trinajstić information content (AvgIpc) is 2.64. The number of rotatable bonds is 6. The average molecular weight is 426 g/mol. The summed E-state index contributed by atoms with van der Waals surface area (Å²) in [5.74, 6) is -6.82. The predicted octanol–water partition coefficient (Wildman–Crippen LogP) is -7.26. The standard InChI is InChI=1S/C18H30N4O8/c23-15(24)13(16(25)26)21-5-1-3-19-7-8-20(10-11-21)4-2-6-22(12-9-19)14(17(27)28)18(29)30/h13-14H,1-12H2,(H,23,24)(H,25,26)(H,27,28)(H,29,30)/p-4. The first-order valence-electron chi connectivity index (χ1n) is 9.97. The predicted molar refractivity (Wildman–Crippen MR) is 92.9 cm³/mol. The molecule has 2 unspecified atom stereocenters. The first-order valence-corrected chi connectivity index (χ1v) is 9.97. The van der Waals surface area contributed by atoms with E-state index in [9.17, 15) is 39.6 Å². The zero-order chi connectivity index (χ0) is 22.3. The van der Waals surface area contributed by atoms with Gasteiger partial charge in [-0.3, -0.25) is 9.80 Å². The smallest absolute Gasteiger partial charge is 0.0896 e. The molecule has 2 saturated heterocycles. The third-order valence-electron chi connectivity index (χ3n) is 5.60. The summed E-state index contributed by atoms with van der Waals surface area (Å²) in [4.78, 5) is 51.8. The van der Waals surface area contributed by atoms with Crippen LogP contribution in [-0.2, 0) is 19.2 Å². The molecule has 2 atom stereocenters. The number of aliphatic carboxylic acids is 4. The quantitative estimate of drug-likeness (QED) is 0.368. The summed E-state index contributed by atoms with van der Waals surface area (Å²) in [5, 5.41) is 45.1. The molecule has 2 fully saturated rings. The second-order valence-corrected chi connectivity index (χ2v) is 7.54. The topological polar surface area (TPSA) is 173 Å². The number of carboxylic acid groups (broad SMARTS) is 4. The van der Waals surface area contributed by atoms with E-state index in [2.05, 4.69) is 0 Å². The van der Waals surface area contributed by atoms with Crippen molar-refractivity contribution in [3.8, 4) is 0 Å². The highest BCUT2D eigenvalue weighted by Gasteiger charge is 2.26. The van der Waals surface area contributed by atoms with Gasteiger partial charge in [-0.05, 0) is 25.9 Å². The summed E-state index contributed by atoms with van der Waals surface area (Å²) in [6.45, 7) is 3.94. The zero-order valence-corrected chi connectivity index (χ0v) is 16.7. The maximum Gasteiger partial charge on any atom is 0.0896 e. The first-order chi connectivity index (χ1) is 14.2. The lowest BCUT2D eigenvalue weighted by atomic mass is 10.2. The minimum atomic E-state index is -1.82. The number of carbonyl (C=O) groups is 4. The van der Waals surface area contributed by atoms with E-state index in [1.54, 1.807) is 0 Å². The summed E-state index contributed by atoms with van der Waals surface area (Å²) in [6, 6.07) is -3.65. The van der Waals surface area contributed by atoms with E-state index in [0.29, 0.717) is 52.1 Å². The Kier molecular flexibility index (Phi) is 8.96. The van der Waals surface area contributed by atoms with E-state index in [-0.39, 0.29) is 26.2 Å². The molecule has 12 nitrogen and oxygen atoms in total. The molecule has 2 aliphatic rings. The van der Waals surface area contributed by atoms with Crippen molar-refractivity contribution in [3.63, 3.8) is 0 Å². The van der Waals surface area contributed by atoms with E-state index < -0.39 is 36.0 Å².